The molecule has 6 heteroatoms. The van der Waals surface area contributed by atoms with Gasteiger partial charge < -0.3 is 4.57 Å². The van der Waals surface area contributed by atoms with E-state index in [9.17, 15) is 13.6 Å². The number of halogens is 2. The lowest BCUT2D eigenvalue weighted by atomic mass is 10.0. The maximum Gasteiger partial charge on any atom is 0.259 e. The summed E-state index contributed by atoms with van der Waals surface area (Å²) in [5, 5.41) is 0. The highest BCUT2D eigenvalue weighted by molar-refractivity contribution is 7.99. The minimum atomic E-state index is -0.620. The molecule has 1 aromatic heterocycles. The molecule has 0 aliphatic rings. The average molecular weight is 336 g/mol. The van der Waals surface area contributed by atoms with E-state index in [0.717, 1.165) is 18.2 Å². The van der Waals surface area contributed by atoms with Gasteiger partial charge in [-0.05, 0) is 63.1 Å². The zero-order valence-electron chi connectivity index (χ0n) is 13.4. The van der Waals surface area contributed by atoms with Crippen LogP contribution in [0.4, 0.5) is 8.78 Å². The van der Waals surface area contributed by atoms with Crippen molar-refractivity contribution < 1.29 is 8.78 Å². The fourth-order valence-electron chi connectivity index (χ4n) is 1.88. The number of hydrogen-bond donors (Lipinski definition) is 0. The van der Waals surface area contributed by atoms with Crippen LogP contribution in [0.2, 0.25) is 0 Å². The van der Waals surface area contributed by atoms with Gasteiger partial charge in [-0.1, -0.05) is 0 Å². The molecule has 23 heavy (non-hydrogen) atoms. The SMILES string of the molecule is Cn1cccc(C(=NSC(C)(C)C)c2cc(F)ccc2F)c1=O. The second-order valence-electron chi connectivity index (χ2n) is 6.11. The van der Waals surface area contributed by atoms with Gasteiger partial charge in [-0.3, -0.25) is 4.79 Å². The summed E-state index contributed by atoms with van der Waals surface area (Å²) in [6, 6.07) is 6.37. The van der Waals surface area contributed by atoms with E-state index in [1.165, 1.54) is 16.5 Å². The zero-order valence-corrected chi connectivity index (χ0v) is 14.2. The fraction of sp³-hybridized carbons (Fsp3) is 0.294. The molecule has 0 aliphatic carbocycles. The van der Waals surface area contributed by atoms with Gasteiger partial charge >= 0.3 is 0 Å². The molecule has 2 rings (SSSR count). The summed E-state index contributed by atoms with van der Waals surface area (Å²) in [4.78, 5) is 12.4. The van der Waals surface area contributed by atoms with Crippen LogP contribution < -0.4 is 5.56 Å². The normalized spacial score (nSPS) is 12.5. The van der Waals surface area contributed by atoms with E-state index in [4.69, 9.17) is 0 Å². The van der Waals surface area contributed by atoms with Crippen molar-refractivity contribution in [3.8, 4) is 0 Å². The third kappa shape index (κ3) is 4.28. The van der Waals surface area contributed by atoms with Crippen LogP contribution >= 0.6 is 11.9 Å². The molecular weight excluding hydrogens is 318 g/mol. The van der Waals surface area contributed by atoms with Crippen LogP contribution in [0.25, 0.3) is 0 Å². The molecule has 0 amide bonds. The highest BCUT2D eigenvalue weighted by Gasteiger charge is 2.19. The van der Waals surface area contributed by atoms with E-state index in [2.05, 4.69) is 4.40 Å². The quantitative estimate of drug-likeness (QED) is 0.628. The highest BCUT2D eigenvalue weighted by Crippen LogP contribution is 2.27. The minimum absolute atomic E-state index is 0.0231. The Labute approximate surface area is 138 Å². The van der Waals surface area contributed by atoms with Crippen molar-refractivity contribution in [2.75, 3.05) is 0 Å². The van der Waals surface area contributed by atoms with Gasteiger partial charge in [-0.15, -0.1) is 0 Å². The summed E-state index contributed by atoms with van der Waals surface area (Å²) in [5.74, 6) is -1.20. The van der Waals surface area contributed by atoms with Crippen molar-refractivity contribution in [3.05, 3.63) is 69.6 Å². The Morgan fingerprint density at radius 1 is 1.17 bits per heavy atom. The van der Waals surface area contributed by atoms with Crippen LogP contribution in [-0.4, -0.2) is 15.0 Å². The molecule has 0 fully saturated rings. The van der Waals surface area contributed by atoms with E-state index >= 15 is 0 Å². The lowest BCUT2D eigenvalue weighted by Gasteiger charge is -2.15. The molecule has 0 unspecified atom stereocenters. The first kappa shape index (κ1) is 17.4. The van der Waals surface area contributed by atoms with Gasteiger partial charge in [0, 0.05) is 23.6 Å². The maximum atomic E-state index is 14.2. The summed E-state index contributed by atoms with van der Waals surface area (Å²) in [5.41, 5.74) is 0.0360. The highest BCUT2D eigenvalue weighted by atomic mass is 32.2. The molecular formula is C17H18F2N2OS. The first-order valence-corrected chi connectivity index (χ1v) is 7.84. The van der Waals surface area contributed by atoms with Crippen molar-refractivity contribution in [1.82, 2.24) is 4.57 Å². The summed E-state index contributed by atoms with van der Waals surface area (Å²) in [7, 11) is 1.60. The van der Waals surface area contributed by atoms with Crippen LogP contribution in [0.5, 0.6) is 0 Å². The first-order valence-electron chi connectivity index (χ1n) is 7.06. The number of benzene rings is 1. The molecule has 122 valence electrons. The molecule has 1 heterocycles. The van der Waals surface area contributed by atoms with Crippen LogP contribution in [0.15, 0.2) is 45.7 Å². The predicted octanol–water partition coefficient (Wildman–Crippen LogP) is 3.95. The molecule has 0 aliphatic heterocycles. The van der Waals surface area contributed by atoms with Gasteiger partial charge in [-0.2, -0.15) is 0 Å². The Balaban J connectivity index is 2.68. The molecule has 0 spiro atoms. The Kier molecular flexibility index (Phi) is 5.04. The maximum absolute atomic E-state index is 14.2. The number of aryl methyl sites for hydroxylation is 1. The molecule has 0 saturated carbocycles. The van der Waals surface area contributed by atoms with Crippen molar-refractivity contribution in [1.29, 1.82) is 0 Å². The third-order valence-corrected chi connectivity index (χ3v) is 3.79. The van der Waals surface area contributed by atoms with Crippen molar-refractivity contribution in [2.45, 2.75) is 25.5 Å². The number of nitrogens with zero attached hydrogens (tertiary/aromatic N) is 2. The van der Waals surface area contributed by atoms with Gasteiger partial charge in [-0.25, -0.2) is 13.2 Å². The Morgan fingerprint density at radius 2 is 1.87 bits per heavy atom. The van der Waals surface area contributed by atoms with Crippen molar-refractivity contribution in [2.24, 2.45) is 11.4 Å². The van der Waals surface area contributed by atoms with Gasteiger partial charge in [0.15, 0.2) is 0 Å². The number of hydrogen-bond acceptors (Lipinski definition) is 3. The van der Waals surface area contributed by atoms with Crippen molar-refractivity contribution in [3.63, 3.8) is 0 Å². The van der Waals surface area contributed by atoms with Crippen LogP contribution in [0.1, 0.15) is 31.9 Å². The number of rotatable bonds is 3. The lowest BCUT2D eigenvalue weighted by molar-refractivity contribution is 0.598. The van der Waals surface area contributed by atoms with Gasteiger partial charge in [0.25, 0.3) is 5.56 Å². The van der Waals surface area contributed by atoms with Gasteiger partial charge in [0.2, 0.25) is 0 Å². The minimum Gasteiger partial charge on any atom is -0.318 e. The van der Waals surface area contributed by atoms with Crippen molar-refractivity contribution >= 4 is 17.7 Å². The molecule has 0 atom stereocenters. The van der Waals surface area contributed by atoms with E-state index in [0.29, 0.717) is 0 Å². The monoisotopic (exact) mass is 336 g/mol. The standard InChI is InChI=1S/C17H18F2N2OS/c1-17(2,3)23-20-15(12-6-5-9-21(4)16(12)22)13-10-11(18)7-8-14(13)19/h5-10H,1-4H3. The first-order chi connectivity index (χ1) is 10.7. The largest absolute Gasteiger partial charge is 0.318 e. The molecule has 0 N–H and O–H groups in total. The summed E-state index contributed by atoms with van der Waals surface area (Å²) in [6.45, 7) is 5.84. The molecule has 0 radical (unpaired) electrons. The second-order valence-corrected chi connectivity index (χ2v) is 7.70. The Morgan fingerprint density at radius 3 is 2.52 bits per heavy atom. The molecule has 3 nitrogen and oxygen atoms in total. The van der Waals surface area contributed by atoms with E-state index in [-0.39, 0.29) is 27.1 Å². The molecule has 0 bridgehead atoms. The number of pyridine rings is 1. The Hall–Kier alpha value is -1.95. The summed E-state index contributed by atoms with van der Waals surface area (Å²) in [6.07, 6.45) is 1.60. The third-order valence-electron chi connectivity index (χ3n) is 2.97. The Bertz CT molecular complexity index is 807. The summed E-state index contributed by atoms with van der Waals surface area (Å²) < 4.78 is 33.3. The van der Waals surface area contributed by atoms with Crippen LogP contribution in [0.3, 0.4) is 0 Å². The van der Waals surface area contributed by atoms with E-state index in [1.54, 1.807) is 25.4 Å². The molecule has 1 aromatic carbocycles. The molecule has 0 saturated heterocycles. The summed E-state index contributed by atoms with van der Waals surface area (Å²) >= 11 is 1.21. The number of aromatic nitrogens is 1. The van der Waals surface area contributed by atoms with Crippen LogP contribution in [0, 0.1) is 11.6 Å². The van der Waals surface area contributed by atoms with Gasteiger partial charge in [0.05, 0.1) is 11.3 Å². The predicted molar refractivity (Wildman–Crippen MR) is 91.0 cm³/mol. The smallest absolute Gasteiger partial charge is 0.259 e. The lowest BCUT2D eigenvalue weighted by Crippen LogP contribution is -2.25. The van der Waals surface area contributed by atoms with Crippen LogP contribution in [-0.2, 0) is 7.05 Å². The van der Waals surface area contributed by atoms with E-state index < -0.39 is 11.6 Å². The topological polar surface area (TPSA) is 34.4 Å². The van der Waals surface area contributed by atoms with Gasteiger partial charge in [0.1, 0.15) is 11.6 Å². The molecule has 2 aromatic rings. The fourth-order valence-corrected chi connectivity index (χ4v) is 2.44. The average Bonchev–Trinajstić information content (AvgIpc) is 2.45. The zero-order chi connectivity index (χ0) is 17.2. The second kappa shape index (κ2) is 6.66. The van der Waals surface area contributed by atoms with E-state index in [1.807, 2.05) is 20.8 Å².